The third-order valence-electron chi connectivity index (χ3n) is 4.52. The van der Waals surface area contributed by atoms with Crippen LogP contribution in [0.4, 0.5) is 0 Å². The summed E-state index contributed by atoms with van der Waals surface area (Å²) in [6, 6.07) is 0.484. The average molecular weight is 294 g/mol. The van der Waals surface area contributed by atoms with Crippen molar-refractivity contribution in [2.75, 3.05) is 19.6 Å². The Morgan fingerprint density at radius 2 is 2.05 bits per heavy atom. The van der Waals surface area contributed by atoms with Crippen LogP contribution in [0.2, 0.25) is 0 Å². The van der Waals surface area contributed by atoms with Crippen molar-refractivity contribution in [3.8, 4) is 0 Å². The number of nitrogens with zero attached hydrogens (tertiary/aromatic N) is 2. The molecule has 120 valence electrons. The normalized spacial score (nSPS) is 25.2. The number of guanidine groups is 1. The first-order valence-electron chi connectivity index (χ1n) is 8.53. The van der Waals surface area contributed by atoms with Crippen molar-refractivity contribution in [3.63, 3.8) is 0 Å². The Morgan fingerprint density at radius 1 is 1.33 bits per heavy atom. The molecule has 5 nitrogen and oxygen atoms in total. The zero-order chi connectivity index (χ0) is 15.1. The van der Waals surface area contributed by atoms with Gasteiger partial charge in [-0.2, -0.15) is 0 Å². The van der Waals surface area contributed by atoms with Gasteiger partial charge in [0.2, 0.25) is 5.91 Å². The number of carbonyl (C=O) groups excluding carboxylic acids is 1. The molecule has 1 atom stereocenters. The molecular weight excluding hydrogens is 264 g/mol. The highest BCUT2D eigenvalue weighted by molar-refractivity contribution is 5.79. The van der Waals surface area contributed by atoms with E-state index < -0.39 is 0 Å². The van der Waals surface area contributed by atoms with E-state index in [1.807, 2.05) is 4.90 Å². The highest BCUT2D eigenvalue weighted by atomic mass is 16.2. The van der Waals surface area contributed by atoms with Crippen LogP contribution in [0.1, 0.15) is 58.3 Å². The smallest absolute Gasteiger partial charge is 0.222 e. The summed E-state index contributed by atoms with van der Waals surface area (Å²) >= 11 is 0. The number of aliphatic imine (C=N–C) groups is 1. The molecule has 1 saturated carbocycles. The first-order valence-corrected chi connectivity index (χ1v) is 8.53. The van der Waals surface area contributed by atoms with Crippen molar-refractivity contribution in [2.45, 2.75) is 64.3 Å². The topological polar surface area (TPSA) is 70.7 Å². The van der Waals surface area contributed by atoms with Crippen LogP contribution in [0.5, 0.6) is 0 Å². The monoisotopic (exact) mass is 294 g/mol. The number of nitrogens with two attached hydrogens (primary N) is 1. The Balaban J connectivity index is 1.74. The minimum Gasteiger partial charge on any atom is -0.370 e. The van der Waals surface area contributed by atoms with E-state index in [0.717, 1.165) is 19.5 Å². The maximum absolute atomic E-state index is 11.8. The minimum atomic E-state index is 0.271. The van der Waals surface area contributed by atoms with Crippen LogP contribution in [0.3, 0.4) is 0 Å². The van der Waals surface area contributed by atoms with Crippen LogP contribution in [0.15, 0.2) is 4.99 Å². The Morgan fingerprint density at radius 3 is 2.71 bits per heavy atom. The summed E-state index contributed by atoms with van der Waals surface area (Å²) in [6.07, 6.45) is 9.29. The SMILES string of the molecule is CCCN1CC(CN=C(N)NC2CCCCCC2)CC1=O. The lowest BCUT2D eigenvalue weighted by molar-refractivity contribution is -0.127. The molecule has 0 aromatic carbocycles. The second-order valence-electron chi connectivity index (χ2n) is 6.47. The van der Waals surface area contributed by atoms with E-state index in [2.05, 4.69) is 17.2 Å². The summed E-state index contributed by atoms with van der Waals surface area (Å²) in [5.41, 5.74) is 6.00. The Kier molecular flexibility index (Phi) is 6.33. The Labute approximate surface area is 128 Å². The minimum absolute atomic E-state index is 0.271. The van der Waals surface area contributed by atoms with Crippen molar-refractivity contribution in [3.05, 3.63) is 0 Å². The van der Waals surface area contributed by atoms with E-state index in [1.165, 1.54) is 38.5 Å². The number of hydrogen-bond acceptors (Lipinski definition) is 2. The summed E-state index contributed by atoms with van der Waals surface area (Å²) in [5.74, 6) is 1.16. The Bertz CT molecular complexity index is 361. The second-order valence-corrected chi connectivity index (χ2v) is 6.47. The first-order chi connectivity index (χ1) is 10.2. The predicted octanol–water partition coefficient (Wildman–Crippen LogP) is 1.87. The standard InChI is InChI=1S/C16H30N4O/c1-2-9-20-12-13(10-15(20)21)11-18-16(17)19-14-7-5-3-4-6-8-14/h13-14H,2-12H2,1H3,(H3,17,18,19). The van der Waals surface area contributed by atoms with Gasteiger partial charge in [0.15, 0.2) is 5.96 Å². The van der Waals surface area contributed by atoms with E-state index >= 15 is 0 Å². The molecule has 1 aliphatic carbocycles. The van der Waals surface area contributed by atoms with Crippen LogP contribution >= 0.6 is 0 Å². The highest BCUT2D eigenvalue weighted by Crippen LogP contribution is 2.19. The van der Waals surface area contributed by atoms with Gasteiger partial charge >= 0.3 is 0 Å². The molecule has 1 aliphatic heterocycles. The molecule has 21 heavy (non-hydrogen) atoms. The molecule has 1 unspecified atom stereocenters. The number of carbonyl (C=O) groups is 1. The van der Waals surface area contributed by atoms with Crippen molar-refractivity contribution in [2.24, 2.45) is 16.6 Å². The molecule has 1 saturated heterocycles. The highest BCUT2D eigenvalue weighted by Gasteiger charge is 2.28. The average Bonchev–Trinajstić information content (AvgIpc) is 2.66. The number of likely N-dealkylation sites (tertiary alicyclic amines) is 1. The number of hydrogen-bond donors (Lipinski definition) is 2. The van der Waals surface area contributed by atoms with E-state index in [0.29, 0.717) is 30.9 Å². The molecule has 0 spiro atoms. The number of amides is 1. The van der Waals surface area contributed by atoms with E-state index in [1.54, 1.807) is 0 Å². The van der Waals surface area contributed by atoms with Crippen molar-refractivity contribution in [1.29, 1.82) is 0 Å². The molecule has 3 N–H and O–H groups in total. The van der Waals surface area contributed by atoms with Crippen LogP contribution in [-0.2, 0) is 4.79 Å². The van der Waals surface area contributed by atoms with Crippen molar-refractivity contribution < 1.29 is 4.79 Å². The fourth-order valence-corrected chi connectivity index (χ4v) is 3.37. The fraction of sp³-hybridized carbons (Fsp3) is 0.875. The fourth-order valence-electron chi connectivity index (χ4n) is 3.37. The van der Waals surface area contributed by atoms with Crippen LogP contribution in [-0.4, -0.2) is 42.4 Å². The summed E-state index contributed by atoms with van der Waals surface area (Å²) in [5, 5.41) is 3.36. The van der Waals surface area contributed by atoms with E-state index in [9.17, 15) is 4.79 Å². The maximum Gasteiger partial charge on any atom is 0.222 e. The second kappa shape index (κ2) is 8.25. The van der Waals surface area contributed by atoms with Gasteiger partial charge in [0.25, 0.3) is 0 Å². The molecule has 1 amide bonds. The third kappa shape index (κ3) is 5.21. The molecule has 0 aromatic heterocycles. The summed E-state index contributed by atoms with van der Waals surface area (Å²) in [6.45, 7) is 4.48. The van der Waals surface area contributed by atoms with Gasteiger partial charge in [-0.15, -0.1) is 0 Å². The lowest BCUT2D eigenvalue weighted by atomic mass is 10.1. The Hall–Kier alpha value is -1.26. The van der Waals surface area contributed by atoms with Gasteiger partial charge in [0, 0.05) is 38.0 Å². The van der Waals surface area contributed by atoms with Gasteiger partial charge in [-0.05, 0) is 19.3 Å². The van der Waals surface area contributed by atoms with Crippen LogP contribution in [0.25, 0.3) is 0 Å². The third-order valence-corrected chi connectivity index (χ3v) is 4.52. The predicted molar refractivity (Wildman–Crippen MR) is 86.1 cm³/mol. The molecular formula is C16H30N4O. The maximum atomic E-state index is 11.8. The largest absolute Gasteiger partial charge is 0.370 e. The van der Waals surface area contributed by atoms with E-state index in [4.69, 9.17) is 5.73 Å². The molecule has 2 rings (SSSR count). The van der Waals surface area contributed by atoms with Gasteiger partial charge in [-0.1, -0.05) is 32.6 Å². The molecule has 0 bridgehead atoms. The number of rotatable bonds is 5. The van der Waals surface area contributed by atoms with Crippen molar-refractivity contribution in [1.82, 2.24) is 10.2 Å². The molecule has 2 fully saturated rings. The van der Waals surface area contributed by atoms with Gasteiger partial charge in [-0.3, -0.25) is 9.79 Å². The zero-order valence-corrected chi connectivity index (χ0v) is 13.3. The summed E-state index contributed by atoms with van der Waals surface area (Å²) in [4.78, 5) is 18.2. The summed E-state index contributed by atoms with van der Waals surface area (Å²) in [7, 11) is 0. The van der Waals surface area contributed by atoms with Gasteiger partial charge in [0.05, 0.1) is 0 Å². The molecule has 0 radical (unpaired) electrons. The molecule has 2 aliphatic rings. The van der Waals surface area contributed by atoms with Crippen LogP contribution in [0, 0.1) is 5.92 Å². The number of nitrogens with one attached hydrogen (secondary N) is 1. The molecule has 1 heterocycles. The van der Waals surface area contributed by atoms with Gasteiger partial charge in [0.1, 0.15) is 0 Å². The lowest BCUT2D eigenvalue weighted by Gasteiger charge is -2.17. The zero-order valence-electron chi connectivity index (χ0n) is 13.3. The van der Waals surface area contributed by atoms with Crippen molar-refractivity contribution >= 4 is 11.9 Å². The summed E-state index contributed by atoms with van der Waals surface area (Å²) < 4.78 is 0. The van der Waals surface area contributed by atoms with Crippen LogP contribution < -0.4 is 11.1 Å². The molecule has 5 heteroatoms. The van der Waals surface area contributed by atoms with Gasteiger partial charge < -0.3 is 16.0 Å². The molecule has 0 aromatic rings. The first kappa shape index (κ1) is 16.1. The van der Waals surface area contributed by atoms with Gasteiger partial charge in [-0.25, -0.2) is 0 Å². The quantitative estimate of drug-likeness (QED) is 0.462. The van der Waals surface area contributed by atoms with E-state index in [-0.39, 0.29) is 5.91 Å². The lowest BCUT2D eigenvalue weighted by Crippen LogP contribution is -2.40.